The van der Waals surface area contributed by atoms with Gasteiger partial charge >= 0.3 is 6.01 Å². The molecular weight excluding hydrogens is 516 g/mol. The molecule has 2 saturated heterocycles. The van der Waals surface area contributed by atoms with Crippen molar-refractivity contribution in [1.82, 2.24) is 19.8 Å². The molecule has 0 saturated carbocycles. The van der Waals surface area contributed by atoms with Gasteiger partial charge in [-0.2, -0.15) is 9.97 Å². The van der Waals surface area contributed by atoms with Crippen LogP contribution in [0.25, 0.3) is 12.2 Å². The number of hydrogen-bond acceptors (Lipinski definition) is 8. The van der Waals surface area contributed by atoms with E-state index in [2.05, 4.69) is 41.0 Å². The van der Waals surface area contributed by atoms with E-state index in [0.29, 0.717) is 51.4 Å². The number of aromatic hydroxyl groups is 1. The quantitative estimate of drug-likeness (QED) is 0.486. The molecule has 2 fully saturated rings. The normalized spacial score (nSPS) is 19.5. The summed E-state index contributed by atoms with van der Waals surface area (Å²) in [6, 6.07) is 2.54. The highest BCUT2D eigenvalue weighted by Gasteiger charge is 2.30. The van der Waals surface area contributed by atoms with E-state index in [4.69, 9.17) is 14.7 Å². The van der Waals surface area contributed by atoms with Crippen LogP contribution in [0.1, 0.15) is 47.7 Å². The number of likely N-dealkylation sites (N-methyl/N-ethyl adjacent to an activating group) is 1. The number of fused-ring (bicyclic) bond motifs is 1. The fourth-order valence-corrected chi connectivity index (χ4v) is 6.25. The van der Waals surface area contributed by atoms with Crippen LogP contribution in [0.3, 0.4) is 0 Å². The largest absolute Gasteiger partial charge is 0.508 e. The Morgan fingerprint density at radius 2 is 1.93 bits per heavy atom. The monoisotopic (exact) mass is 558 g/mol. The summed E-state index contributed by atoms with van der Waals surface area (Å²) in [5.74, 6) is 1.13. The number of aromatic nitrogens is 2. The van der Waals surface area contributed by atoms with Gasteiger partial charge in [-0.3, -0.25) is 4.79 Å². The van der Waals surface area contributed by atoms with Crippen molar-refractivity contribution < 1.29 is 14.6 Å². The first kappa shape index (κ1) is 28.7. The van der Waals surface area contributed by atoms with Gasteiger partial charge in [0.05, 0.1) is 17.9 Å². The standard InChI is InChI=1S/C32H42N6O3/c1-6-10-25-23(7-2)19-28(39)22(4)30(25)38-14-12-26-27(20-38)33-32(41-21-24-11-9-13-35(24)5)34-31(26)37-17-15-36(16-18-37)29(40)8-3/h6-8,10,19,24,39H,2-3,9,11-18,20-21H2,1,4-5H3/b10-6-/t24-/m0/s1. The third-order valence-electron chi connectivity index (χ3n) is 8.63. The Kier molecular flexibility index (Phi) is 8.63. The first-order chi connectivity index (χ1) is 19.8. The zero-order valence-electron chi connectivity index (χ0n) is 24.6. The van der Waals surface area contributed by atoms with Gasteiger partial charge in [0.15, 0.2) is 0 Å². The van der Waals surface area contributed by atoms with Gasteiger partial charge in [-0.25, -0.2) is 0 Å². The summed E-state index contributed by atoms with van der Waals surface area (Å²) in [6.45, 7) is 17.2. The molecule has 0 aliphatic carbocycles. The lowest BCUT2D eigenvalue weighted by Gasteiger charge is -2.38. The second kappa shape index (κ2) is 12.3. The summed E-state index contributed by atoms with van der Waals surface area (Å²) in [5.41, 5.74) is 5.84. The van der Waals surface area contributed by atoms with Crippen LogP contribution < -0.4 is 14.5 Å². The topological polar surface area (TPSA) is 85.3 Å². The Morgan fingerprint density at radius 3 is 2.59 bits per heavy atom. The summed E-state index contributed by atoms with van der Waals surface area (Å²) in [7, 11) is 2.14. The summed E-state index contributed by atoms with van der Waals surface area (Å²) in [5, 5.41) is 10.8. The number of anilines is 2. The maximum Gasteiger partial charge on any atom is 0.318 e. The van der Waals surface area contributed by atoms with Crippen LogP contribution in [0.5, 0.6) is 11.8 Å². The second-order valence-electron chi connectivity index (χ2n) is 11.1. The van der Waals surface area contributed by atoms with E-state index >= 15 is 0 Å². The minimum Gasteiger partial charge on any atom is -0.508 e. The summed E-state index contributed by atoms with van der Waals surface area (Å²) in [6.07, 6.45) is 10.3. The van der Waals surface area contributed by atoms with E-state index in [-0.39, 0.29) is 11.7 Å². The molecule has 218 valence electrons. The molecule has 4 heterocycles. The molecule has 0 spiro atoms. The SMILES string of the molecule is C=CC(=O)N1CCN(c2nc(OC[C@@H]3CCCN3C)nc3c2CCN(c2c(C)c(O)cc(C=C)c2/C=C\C)C3)CC1. The number of phenolic OH excluding ortho intramolecular Hbond substituents is 1. The fraction of sp³-hybridized carbons (Fsp3) is 0.469. The summed E-state index contributed by atoms with van der Waals surface area (Å²) >= 11 is 0. The number of benzene rings is 1. The van der Waals surface area contributed by atoms with Crippen molar-refractivity contribution in [1.29, 1.82) is 0 Å². The predicted octanol–water partition coefficient (Wildman–Crippen LogP) is 4.04. The van der Waals surface area contributed by atoms with Gasteiger partial charge in [0.2, 0.25) is 5.91 Å². The summed E-state index contributed by atoms with van der Waals surface area (Å²) in [4.78, 5) is 30.8. The van der Waals surface area contributed by atoms with Crippen molar-refractivity contribution in [2.75, 3.05) is 62.7 Å². The van der Waals surface area contributed by atoms with Crippen molar-refractivity contribution in [3.63, 3.8) is 0 Å². The molecule has 41 heavy (non-hydrogen) atoms. The van der Waals surface area contributed by atoms with Crippen molar-refractivity contribution in [2.24, 2.45) is 0 Å². The molecule has 9 heteroatoms. The van der Waals surface area contributed by atoms with Gasteiger partial charge in [-0.15, -0.1) is 0 Å². The lowest BCUT2D eigenvalue weighted by Crippen LogP contribution is -2.49. The van der Waals surface area contributed by atoms with Crippen molar-refractivity contribution >= 4 is 29.6 Å². The minimum absolute atomic E-state index is 0.0352. The number of carbonyl (C=O) groups excluding carboxylic acids is 1. The molecule has 1 amide bonds. The van der Waals surface area contributed by atoms with E-state index in [1.54, 1.807) is 12.1 Å². The third-order valence-corrected chi connectivity index (χ3v) is 8.63. The minimum atomic E-state index is -0.0352. The number of hydrogen-bond donors (Lipinski definition) is 1. The van der Waals surface area contributed by atoms with Gasteiger partial charge < -0.3 is 29.4 Å². The van der Waals surface area contributed by atoms with Crippen LogP contribution in [-0.4, -0.2) is 89.7 Å². The highest BCUT2D eigenvalue weighted by molar-refractivity contribution is 5.87. The van der Waals surface area contributed by atoms with E-state index in [9.17, 15) is 9.90 Å². The molecule has 3 aliphatic heterocycles. The third kappa shape index (κ3) is 5.81. The van der Waals surface area contributed by atoms with Gasteiger partial charge in [-0.1, -0.05) is 31.4 Å². The lowest BCUT2D eigenvalue weighted by atomic mass is 9.96. The fourth-order valence-electron chi connectivity index (χ4n) is 6.25. The molecule has 9 nitrogen and oxygen atoms in total. The molecule has 5 rings (SSSR count). The van der Waals surface area contributed by atoms with E-state index in [1.807, 2.05) is 24.8 Å². The zero-order valence-corrected chi connectivity index (χ0v) is 24.6. The maximum atomic E-state index is 12.2. The van der Waals surface area contributed by atoms with Crippen LogP contribution in [0.15, 0.2) is 31.4 Å². The number of amides is 1. The Labute approximate surface area is 243 Å². The number of ether oxygens (including phenoxy) is 1. The van der Waals surface area contributed by atoms with Crippen LogP contribution in [0, 0.1) is 6.92 Å². The Balaban J connectivity index is 1.49. The predicted molar refractivity (Wildman–Crippen MR) is 165 cm³/mol. The van der Waals surface area contributed by atoms with Crippen LogP contribution >= 0.6 is 0 Å². The average Bonchev–Trinajstić information content (AvgIpc) is 3.41. The van der Waals surface area contributed by atoms with Gasteiger partial charge in [-0.05, 0) is 64.4 Å². The van der Waals surface area contributed by atoms with Crippen LogP contribution in [0.2, 0.25) is 0 Å². The molecule has 1 atom stereocenters. The highest BCUT2D eigenvalue weighted by Crippen LogP contribution is 2.39. The molecule has 1 aromatic heterocycles. The van der Waals surface area contributed by atoms with Gasteiger partial charge in [0.1, 0.15) is 18.2 Å². The van der Waals surface area contributed by atoms with E-state index < -0.39 is 0 Å². The molecule has 2 aromatic rings. The molecule has 3 aliphatic rings. The molecule has 1 aromatic carbocycles. The summed E-state index contributed by atoms with van der Waals surface area (Å²) < 4.78 is 6.27. The van der Waals surface area contributed by atoms with Crippen molar-refractivity contribution in [2.45, 2.75) is 45.7 Å². The van der Waals surface area contributed by atoms with Crippen LogP contribution in [-0.2, 0) is 17.8 Å². The molecule has 0 bridgehead atoms. The second-order valence-corrected chi connectivity index (χ2v) is 11.1. The number of piperazine rings is 1. The van der Waals surface area contributed by atoms with Gasteiger partial charge in [0, 0.05) is 55.5 Å². The number of phenols is 1. The Hall–Kier alpha value is -3.85. The number of allylic oxidation sites excluding steroid dienone is 1. The lowest BCUT2D eigenvalue weighted by molar-refractivity contribution is -0.126. The maximum absolute atomic E-state index is 12.2. The Morgan fingerprint density at radius 1 is 1.15 bits per heavy atom. The van der Waals surface area contributed by atoms with Crippen molar-refractivity contribution in [3.05, 3.63) is 59.3 Å². The molecule has 0 radical (unpaired) electrons. The first-order valence-electron chi connectivity index (χ1n) is 14.6. The van der Waals surface area contributed by atoms with Crippen LogP contribution in [0.4, 0.5) is 11.5 Å². The smallest absolute Gasteiger partial charge is 0.318 e. The van der Waals surface area contributed by atoms with Crippen molar-refractivity contribution in [3.8, 4) is 11.8 Å². The number of rotatable bonds is 8. The zero-order chi connectivity index (χ0) is 29.1. The number of nitrogens with zero attached hydrogens (tertiary/aromatic N) is 6. The molecular formula is C32H42N6O3. The van der Waals surface area contributed by atoms with E-state index in [0.717, 1.165) is 65.4 Å². The number of carbonyl (C=O) groups is 1. The van der Waals surface area contributed by atoms with E-state index in [1.165, 1.54) is 12.5 Å². The molecule has 1 N–H and O–H groups in total. The van der Waals surface area contributed by atoms with Gasteiger partial charge in [0.25, 0.3) is 0 Å². The average molecular weight is 559 g/mol. The number of likely N-dealkylation sites (tertiary alicyclic amines) is 1. The Bertz CT molecular complexity index is 1350. The molecule has 0 unspecified atom stereocenters. The highest BCUT2D eigenvalue weighted by atomic mass is 16.5. The first-order valence-corrected chi connectivity index (χ1v) is 14.6.